The van der Waals surface area contributed by atoms with Gasteiger partial charge in [-0.15, -0.1) is 0 Å². The molecule has 4 rings (SSSR count). The maximum atomic E-state index is 5.55. The van der Waals surface area contributed by atoms with Crippen molar-refractivity contribution in [3.05, 3.63) is 23.8 Å². The molecule has 2 saturated carbocycles. The molecule has 1 aliphatic heterocycles. The number of fused-ring (bicyclic) bond motifs is 1. The fraction of sp³-hybridized carbons (Fsp3) is 0.667. The summed E-state index contributed by atoms with van der Waals surface area (Å²) >= 11 is 0. The number of benzene rings is 1. The summed E-state index contributed by atoms with van der Waals surface area (Å²) < 4.78 is 16.3. The molecule has 0 spiro atoms. The molecule has 27 heavy (non-hydrogen) atoms. The molecule has 1 aromatic rings. The zero-order chi connectivity index (χ0) is 18.7. The van der Waals surface area contributed by atoms with Gasteiger partial charge < -0.3 is 24.8 Å². The van der Waals surface area contributed by atoms with Crippen molar-refractivity contribution in [2.45, 2.75) is 43.9 Å². The first-order valence-corrected chi connectivity index (χ1v) is 10.0. The summed E-state index contributed by atoms with van der Waals surface area (Å²) in [7, 11) is 3.63. The quantitative estimate of drug-likeness (QED) is 0.542. The van der Waals surface area contributed by atoms with E-state index in [-0.39, 0.29) is 5.41 Å². The average molecular weight is 373 g/mol. The maximum Gasteiger partial charge on any atom is 0.231 e. The van der Waals surface area contributed by atoms with Gasteiger partial charge in [-0.2, -0.15) is 0 Å². The topological polar surface area (TPSA) is 64.1 Å². The van der Waals surface area contributed by atoms with E-state index in [1.165, 1.54) is 37.7 Å². The van der Waals surface area contributed by atoms with Crippen LogP contribution in [0.15, 0.2) is 23.2 Å². The van der Waals surface area contributed by atoms with Crippen LogP contribution in [0.4, 0.5) is 0 Å². The van der Waals surface area contributed by atoms with Gasteiger partial charge >= 0.3 is 0 Å². The van der Waals surface area contributed by atoms with Gasteiger partial charge in [-0.1, -0.05) is 12.5 Å². The van der Waals surface area contributed by atoms with Crippen LogP contribution >= 0.6 is 0 Å². The van der Waals surface area contributed by atoms with Crippen LogP contribution in [0.5, 0.6) is 11.5 Å². The predicted molar refractivity (Wildman–Crippen MR) is 106 cm³/mol. The molecule has 0 unspecified atom stereocenters. The van der Waals surface area contributed by atoms with Gasteiger partial charge in [0.15, 0.2) is 17.5 Å². The van der Waals surface area contributed by atoms with E-state index in [0.29, 0.717) is 12.2 Å². The van der Waals surface area contributed by atoms with Crippen molar-refractivity contribution < 1.29 is 14.2 Å². The van der Waals surface area contributed by atoms with Crippen LogP contribution in [0.2, 0.25) is 0 Å². The summed E-state index contributed by atoms with van der Waals surface area (Å²) in [6.45, 7) is 3.01. The standard InChI is InChI=1S/C21H31N3O3/c1-22-19(23-13-20(6-3-7-20)10-11-25-2)24-14-21(8-9-21)16-4-5-17-18(12-16)27-15-26-17/h4-5,12H,3,6-11,13-15H2,1-2H3,(H2,22,23,24). The molecule has 148 valence electrons. The number of nitrogens with one attached hydrogen (secondary N) is 2. The second-order valence-corrected chi connectivity index (χ2v) is 8.22. The lowest BCUT2D eigenvalue weighted by Crippen LogP contribution is -2.48. The number of hydrogen-bond donors (Lipinski definition) is 2. The minimum Gasteiger partial charge on any atom is -0.454 e. The molecule has 0 saturated heterocycles. The van der Waals surface area contributed by atoms with E-state index in [1.807, 2.05) is 13.1 Å². The lowest BCUT2D eigenvalue weighted by Gasteiger charge is -2.42. The van der Waals surface area contributed by atoms with Gasteiger partial charge in [0.05, 0.1) is 0 Å². The number of nitrogens with zero attached hydrogens (tertiary/aromatic N) is 1. The van der Waals surface area contributed by atoms with E-state index in [9.17, 15) is 0 Å². The van der Waals surface area contributed by atoms with E-state index in [1.54, 1.807) is 7.11 Å². The zero-order valence-electron chi connectivity index (χ0n) is 16.5. The Bertz CT molecular complexity index is 696. The number of guanidine groups is 1. The summed E-state index contributed by atoms with van der Waals surface area (Å²) in [6, 6.07) is 6.34. The first-order chi connectivity index (χ1) is 13.2. The molecule has 0 radical (unpaired) electrons. The van der Waals surface area contributed by atoms with Crippen LogP contribution in [-0.4, -0.2) is 46.6 Å². The van der Waals surface area contributed by atoms with Gasteiger partial charge in [0, 0.05) is 39.3 Å². The molecule has 2 N–H and O–H groups in total. The highest BCUT2D eigenvalue weighted by atomic mass is 16.7. The van der Waals surface area contributed by atoms with Crippen LogP contribution in [0.1, 0.15) is 44.1 Å². The lowest BCUT2D eigenvalue weighted by molar-refractivity contribution is 0.0732. The molecule has 6 heteroatoms. The molecule has 0 amide bonds. The SMILES string of the molecule is CN=C(NCC1(CCOC)CCC1)NCC1(c2ccc3c(c2)OCO3)CC1. The highest BCUT2D eigenvalue weighted by Crippen LogP contribution is 2.50. The zero-order valence-corrected chi connectivity index (χ0v) is 16.5. The molecular formula is C21H31N3O3. The third-order valence-electron chi connectivity index (χ3n) is 6.54. The fourth-order valence-corrected chi connectivity index (χ4v) is 4.20. The van der Waals surface area contributed by atoms with Crippen LogP contribution in [0, 0.1) is 5.41 Å². The van der Waals surface area contributed by atoms with Gasteiger partial charge in [-0.25, -0.2) is 0 Å². The Labute approximate surface area is 161 Å². The van der Waals surface area contributed by atoms with Crippen LogP contribution in [0.25, 0.3) is 0 Å². The molecule has 6 nitrogen and oxygen atoms in total. The summed E-state index contributed by atoms with van der Waals surface area (Å²) in [5, 5.41) is 7.10. The van der Waals surface area contributed by atoms with Gasteiger partial charge in [0.2, 0.25) is 6.79 Å². The first-order valence-electron chi connectivity index (χ1n) is 10.0. The molecule has 0 atom stereocenters. The van der Waals surface area contributed by atoms with E-state index >= 15 is 0 Å². The monoisotopic (exact) mass is 373 g/mol. The van der Waals surface area contributed by atoms with E-state index in [0.717, 1.165) is 43.6 Å². The molecule has 2 aliphatic carbocycles. The second-order valence-electron chi connectivity index (χ2n) is 8.22. The number of ether oxygens (including phenoxy) is 3. The summed E-state index contributed by atoms with van der Waals surface area (Å²) in [4.78, 5) is 4.43. The number of hydrogen-bond acceptors (Lipinski definition) is 4. The van der Waals surface area contributed by atoms with Gasteiger partial charge in [-0.3, -0.25) is 4.99 Å². The van der Waals surface area contributed by atoms with Crippen LogP contribution in [0.3, 0.4) is 0 Å². The third kappa shape index (κ3) is 3.86. The number of rotatable bonds is 8. The van der Waals surface area contributed by atoms with Crippen molar-refractivity contribution in [2.24, 2.45) is 10.4 Å². The van der Waals surface area contributed by atoms with E-state index in [2.05, 4.69) is 27.8 Å². The number of methoxy groups -OCH3 is 1. The summed E-state index contributed by atoms with van der Waals surface area (Å²) in [6.07, 6.45) is 7.38. The molecule has 1 aromatic carbocycles. The van der Waals surface area contributed by atoms with Crippen molar-refractivity contribution >= 4 is 5.96 Å². The highest BCUT2D eigenvalue weighted by Gasteiger charge is 2.45. The second kappa shape index (κ2) is 7.58. The van der Waals surface area contributed by atoms with Crippen molar-refractivity contribution in [3.63, 3.8) is 0 Å². The largest absolute Gasteiger partial charge is 0.454 e. The van der Waals surface area contributed by atoms with Crippen molar-refractivity contribution in [3.8, 4) is 11.5 Å². The fourth-order valence-electron chi connectivity index (χ4n) is 4.20. The molecule has 3 aliphatic rings. The summed E-state index contributed by atoms with van der Waals surface area (Å²) in [5.41, 5.74) is 1.88. The molecule has 1 heterocycles. The summed E-state index contributed by atoms with van der Waals surface area (Å²) in [5.74, 6) is 2.61. The van der Waals surface area contributed by atoms with E-state index in [4.69, 9.17) is 14.2 Å². The highest BCUT2D eigenvalue weighted by molar-refractivity contribution is 5.80. The molecule has 0 aromatic heterocycles. The first kappa shape index (κ1) is 18.4. The van der Waals surface area contributed by atoms with Crippen LogP contribution < -0.4 is 20.1 Å². The Hall–Kier alpha value is -1.95. The van der Waals surface area contributed by atoms with Gasteiger partial charge in [-0.05, 0) is 55.2 Å². The van der Waals surface area contributed by atoms with Gasteiger partial charge in [0.1, 0.15) is 0 Å². The Morgan fingerprint density at radius 2 is 1.89 bits per heavy atom. The van der Waals surface area contributed by atoms with E-state index < -0.39 is 0 Å². The lowest BCUT2D eigenvalue weighted by atomic mass is 9.67. The van der Waals surface area contributed by atoms with Crippen LogP contribution in [-0.2, 0) is 10.2 Å². The molecular weight excluding hydrogens is 342 g/mol. The van der Waals surface area contributed by atoms with Crippen molar-refractivity contribution in [2.75, 3.05) is 40.6 Å². The third-order valence-corrected chi connectivity index (χ3v) is 6.54. The van der Waals surface area contributed by atoms with Crippen molar-refractivity contribution in [1.82, 2.24) is 10.6 Å². The average Bonchev–Trinajstić information content (AvgIpc) is 3.31. The van der Waals surface area contributed by atoms with Crippen molar-refractivity contribution in [1.29, 1.82) is 0 Å². The smallest absolute Gasteiger partial charge is 0.231 e. The Balaban J connectivity index is 1.32. The Kier molecular flexibility index (Phi) is 5.17. The predicted octanol–water partition coefficient (Wildman–Crippen LogP) is 2.82. The minimum atomic E-state index is 0.183. The van der Waals surface area contributed by atoms with Gasteiger partial charge in [0.25, 0.3) is 0 Å². The molecule has 2 fully saturated rings. The Morgan fingerprint density at radius 3 is 2.56 bits per heavy atom. The maximum absolute atomic E-state index is 5.55. The number of aliphatic imine (C=N–C) groups is 1. The molecule has 0 bridgehead atoms. The minimum absolute atomic E-state index is 0.183. The normalized spacial score (nSPS) is 21.5. The Morgan fingerprint density at radius 1 is 1.11 bits per heavy atom.